The summed E-state index contributed by atoms with van der Waals surface area (Å²) in [4.78, 5) is 12.1. The zero-order valence-corrected chi connectivity index (χ0v) is 23.8. The molecule has 1 aromatic rings. The van der Waals surface area contributed by atoms with Gasteiger partial charge < -0.3 is 19.1 Å². The molecule has 1 aromatic carbocycles. The molecule has 6 nitrogen and oxygen atoms in total. The van der Waals surface area contributed by atoms with E-state index in [1.54, 1.807) is 13.0 Å². The maximum Gasteiger partial charge on any atom is 0.313 e. The number of aliphatic carboxylic acids is 1. The van der Waals surface area contributed by atoms with Crippen molar-refractivity contribution in [2.45, 2.75) is 81.9 Å². The average Bonchev–Trinajstić information content (AvgIpc) is 2.71. The van der Waals surface area contributed by atoms with Crippen LogP contribution in [-0.2, 0) is 36.6 Å². The lowest BCUT2D eigenvalue weighted by Crippen LogP contribution is -2.64. The summed E-state index contributed by atoms with van der Waals surface area (Å²) >= 11 is -1.32. The van der Waals surface area contributed by atoms with Gasteiger partial charge in [-0.05, 0) is 57.7 Å². The molecule has 1 heterocycles. The van der Waals surface area contributed by atoms with Crippen molar-refractivity contribution in [3.05, 3.63) is 48.0 Å². The Labute approximate surface area is 210 Å². The van der Waals surface area contributed by atoms with Gasteiger partial charge in [0.05, 0.1) is 18.6 Å². The lowest BCUT2D eigenvalue weighted by atomic mass is 9.77. The van der Waals surface area contributed by atoms with E-state index in [1.807, 2.05) is 49.3 Å². The standard InChI is InChI=1S/C26H43NO5SSi/c1-9-10-15-25(5,23(28)29)21-11-13-22(14-12-21)26(18-32-19-26)27(33(30)24(2,3)4)20-31-16-17-34(6,7)8/h9,11-14H,1,10,15-20H2,2-8H3,(H,28,29). The summed E-state index contributed by atoms with van der Waals surface area (Å²) < 4.78 is 26.8. The van der Waals surface area contributed by atoms with Crippen molar-refractivity contribution in [2.24, 2.45) is 0 Å². The molecule has 8 heteroatoms. The van der Waals surface area contributed by atoms with Gasteiger partial charge >= 0.3 is 5.97 Å². The predicted octanol–water partition coefficient (Wildman–Crippen LogP) is 5.30. The second-order valence-corrected chi connectivity index (χ2v) is 19.4. The number of rotatable bonds is 13. The minimum Gasteiger partial charge on any atom is -0.597 e. The summed E-state index contributed by atoms with van der Waals surface area (Å²) in [5.41, 5.74) is 0.140. The number of carbonyl (C=O) groups is 1. The molecule has 1 N–H and O–H groups in total. The molecule has 1 fully saturated rings. The number of allylic oxidation sites excluding steroid dienone is 1. The van der Waals surface area contributed by atoms with E-state index in [0.717, 1.165) is 17.2 Å². The molecule has 192 valence electrons. The quantitative estimate of drug-likeness (QED) is 0.128. The molecular formula is C26H43NO5SSi. The van der Waals surface area contributed by atoms with Crippen molar-refractivity contribution in [1.82, 2.24) is 4.31 Å². The second kappa shape index (κ2) is 11.3. The van der Waals surface area contributed by atoms with E-state index in [9.17, 15) is 14.5 Å². The molecule has 0 saturated carbocycles. The van der Waals surface area contributed by atoms with E-state index < -0.39 is 41.1 Å². The van der Waals surface area contributed by atoms with Crippen LogP contribution in [0.25, 0.3) is 0 Å². The topological polar surface area (TPSA) is 82.1 Å². The molecule has 0 spiro atoms. The van der Waals surface area contributed by atoms with Gasteiger partial charge in [-0.3, -0.25) is 4.79 Å². The highest BCUT2D eigenvalue weighted by atomic mass is 32.2. The summed E-state index contributed by atoms with van der Waals surface area (Å²) in [5.74, 6) is -0.852. The smallest absolute Gasteiger partial charge is 0.313 e. The lowest BCUT2D eigenvalue weighted by molar-refractivity contribution is -0.143. The van der Waals surface area contributed by atoms with Crippen molar-refractivity contribution < 1.29 is 23.9 Å². The van der Waals surface area contributed by atoms with Gasteiger partial charge in [0, 0.05) is 26.0 Å². The lowest BCUT2D eigenvalue weighted by Gasteiger charge is -2.50. The van der Waals surface area contributed by atoms with Crippen LogP contribution in [0.2, 0.25) is 25.7 Å². The van der Waals surface area contributed by atoms with Crippen molar-refractivity contribution in [1.29, 1.82) is 0 Å². The summed E-state index contributed by atoms with van der Waals surface area (Å²) in [5, 5.41) is 9.91. The van der Waals surface area contributed by atoms with Crippen LogP contribution < -0.4 is 0 Å². The number of carboxylic acids is 1. The van der Waals surface area contributed by atoms with Crippen LogP contribution in [0.15, 0.2) is 36.9 Å². The SMILES string of the molecule is C=CCCC(C)(C(=O)O)c1ccc(C2(N(COCC[Si](C)(C)C)[S+]([O-])C(C)(C)C)COC2)cc1. The molecule has 0 aromatic heterocycles. The van der Waals surface area contributed by atoms with Gasteiger partial charge in [-0.25, -0.2) is 0 Å². The Morgan fingerprint density at radius 1 is 1.26 bits per heavy atom. The Balaban J connectivity index is 2.35. The van der Waals surface area contributed by atoms with Crippen molar-refractivity contribution >= 4 is 25.4 Å². The van der Waals surface area contributed by atoms with E-state index in [1.165, 1.54) is 0 Å². The average molecular weight is 510 g/mol. The van der Waals surface area contributed by atoms with Gasteiger partial charge in [-0.1, -0.05) is 54.3 Å². The first-order chi connectivity index (χ1) is 15.7. The van der Waals surface area contributed by atoms with Crippen molar-refractivity contribution in [3.63, 3.8) is 0 Å². The molecule has 2 rings (SSSR count). The number of hydrogen-bond acceptors (Lipinski definition) is 5. The summed E-state index contributed by atoms with van der Waals surface area (Å²) in [6.45, 7) is 20.0. The van der Waals surface area contributed by atoms with Crippen LogP contribution in [0.4, 0.5) is 0 Å². The van der Waals surface area contributed by atoms with Gasteiger partial charge in [0.15, 0.2) is 0 Å². The molecule has 2 unspecified atom stereocenters. The highest BCUT2D eigenvalue weighted by Crippen LogP contribution is 2.41. The van der Waals surface area contributed by atoms with E-state index in [0.29, 0.717) is 32.7 Å². The van der Waals surface area contributed by atoms with Gasteiger partial charge in [0.25, 0.3) is 0 Å². The Morgan fingerprint density at radius 3 is 2.26 bits per heavy atom. The maximum absolute atomic E-state index is 13.6. The molecule has 1 aliphatic rings. The van der Waals surface area contributed by atoms with Gasteiger partial charge in [-0.15, -0.1) is 6.58 Å². The Bertz CT molecular complexity index is 829. The van der Waals surface area contributed by atoms with E-state index >= 15 is 0 Å². The van der Waals surface area contributed by atoms with E-state index in [4.69, 9.17) is 9.47 Å². The third-order valence-corrected chi connectivity index (χ3v) is 10.1. The van der Waals surface area contributed by atoms with Crippen LogP contribution in [0.1, 0.15) is 51.7 Å². The number of carboxylic acid groups (broad SMARTS) is 1. The summed E-state index contributed by atoms with van der Waals surface area (Å²) in [6, 6.07) is 8.73. The fourth-order valence-electron chi connectivity index (χ4n) is 3.85. The molecule has 0 aliphatic carbocycles. The molecule has 2 atom stereocenters. The van der Waals surface area contributed by atoms with Crippen LogP contribution in [-0.4, -0.2) is 59.3 Å². The number of ether oxygens (including phenoxy) is 2. The van der Waals surface area contributed by atoms with E-state index in [-0.39, 0.29) is 6.73 Å². The molecule has 0 amide bonds. The number of nitrogens with zero attached hydrogens (tertiary/aromatic N) is 1. The summed E-state index contributed by atoms with van der Waals surface area (Å²) in [6.07, 6.45) is 2.85. The van der Waals surface area contributed by atoms with Crippen LogP contribution in [0.5, 0.6) is 0 Å². The Morgan fingerprint density at radius 2 is 1.85 bits per heavy atom. The van der Waals surface area contributed by atoms with Crippen molar-refractivity contribution in [3.8, 4) is 0 Å². The summed E-state index contributed by atoms with van der Waals surface area (Å²) in [7, 11) is -1.24. The second-order valence-electron chi connectivity index (χ2n) is 11.7. The highest BCUT2D eigenvalue weighted by molar-refractivity contribution is 7.90. The maximum atomic E-state index is 13.6. The van der Waals surface area contributed by atoms with Crippen molar-refractivity contribution in [2.75, 3.05) is 26.6 Å². The van der Waals surface area contributed by atoms with Gasteiger partial charge in [0.2, 0.25) is 0 Å². The van der Waals surface area contributed by atoms with Gasteiger partial charge in [-0.2, -0.15) is 0 Å². The Hall–Kier alpha value is -1.16. The normalized spacial score (nSPS) is 18.7. The third-order valence-electron chi connectivity index (χ3n) is 6.47. The monoisotopic (exact) mass is 509 g/mol. The molecule has 0 radical (unpaired) electrons. The molecule has 1 aliphatic heterocycles. The Kier molecular flexibility index (Phi) is 9.63. The molecular weight excluding hydrogens is 466 g/mol. The van der Waals surface area contributed by atoms with Gasteiger partial charge in [0.1, 0.15) is 17.0 Å². The molecule has 34 heavy (non-hydrogen) atoms. The third kappa shape index (κ3) is 6.74. The minimum atomic E-state index is -1.32. The minimum absolute atomic E-state index is 0.256. The van der Waals surface area contributed by atoms with Crippen LogP contribution in [0.3, 0.4) is 0 Å². The number of benzene rings is 1. The number of hydrogen-bond donors (Lipinski definition) is 1. The largest absolute Gasteiger partial charge is 0.597 e. The highest BCUT2D eigenvalue weighted by Gasteiger charge is 2.54. The fraction of sp³-hybridized carbons (Fsp3) is 0.654. The first-order valence-corrected chi connectivity index (χ1v) is 16.8. The van der Waals surface area contributed by atoms with Crippen LogP contribution in [0, 0.1) is 0 Å². The van der Waals surface area contributed by atoms with Crippen LogP contribution >= 0.6 is 0 Å². The molecule has 1 saturated heterocycles. The molecule has 0 bridgehead atoms. The predicted molar refractivity (Wildman–Crippen MR) is 142 cm³/mol. The van der Waals surface area contributed by atoms with E-state index in [2.05, 4.69) is 26.2 Å². The fourth-order valence-corrected chi connectivity index (χ4v) is 5.97. The zero-order chi connectivity index (χ0) is 25.8. The first-order valence-electron chi connectivity index (χ1n) is 12.0. The zero-order valence-electron chi connectivity index (χ0n) is 22.0. The first kappa shape index (κ1) is 29.1.